The van der Waals surface area contributed by atoms with E-state index >= 15 is 0 Å². The van der Waals surface area contributed by atoms with Crippen molar-refractivity contribution in [2.24, 2.45) is 0 Å². The average molecular weight is 251 g/mol. The first-order valence-electron chi connectivity index (χ1n) is 5.48. The number of carbonyl (C=O) groups is 1. The van der Waals surface area contributed by atoms with Gasteiger partial charge in [0, 0.05) is 18.5 Å². The first-order valence-corrected chi connectivity index (χ1v) is 5.48. The second-order valence-electron chi connectivity index (χ2n) is 3.74. The van der Waals surface area contributed by atoms with Crippen molar-refractivity contribution < 1.29 is 13.6 Å². The molecule has 0 spiro atoms. The van der Waals surface area contributed by atoms with Gasteiger partial charge in [-0.1, -0.05) is 11.3 Å². The van der Waals surface area contributed by atoms with Crippen LogP contribution in [0, 0.1) is 11.6 Å². The van der Waals surface area contributed by atoms with Gasteiger partial charge in [0.1, 0.15) is 17.3 Å². The van der Waals surface area contributed by atoms with Gasteiger partial charge in [0.25, 0.3) is 0 Å². The van der Waals surface area contributed by atoms with Gasteiger partial charge in [0.2, 0.25) is 0 Å². The molecule has 0 fully saturated rings. The van der Waals surface area contributed by atoms with Crippen molar-refractivity contribution >= 4 is 5.78 Å². The normalized spacial score (nSPS) is 10.6. The van der Waals surface area contributed by atoms with E-state index in [-0.39, 0.29) is 17.7 Å². The minimum atomic E-state index is -0.723. The van der Waals surface area contributed by atoms with Crippen molar-refractivity contribution in [1.82, 2.24) is 15.0 Å². The highest BCUT2D eigenvalue weighted by Gasteiger charge is 2.17. The van der Waals surface area contributed by atoms with E-state index in [4.69, 9.17) is 0 Å². The van der Waals surface area contributed by atoms with Crippen LogP contribution < -0.4 is 0 Å². The minimum Gasteiger partial charge on any atom is -0.292 e. The number of hydrogen-bond donors (Lipinski definition) is 0. The summed E-state index contributed by atoms with van der Waals surface area (Å²) in [5.74, 6) is -1.86. The summed E-state index contributed by atoms with van der Waals surface area (Å²) in [6.07, 6.45) is 0.955. The molecular weight excluding hydrogens is 240 g/mol. The molecule has 0 atom stereocenters. The van der Waals surface area contributed by atoms with Crippen LogP contribution in [0.5, 0.6) is 0 Å². The average Bonchev–Trinajstić information content (AvgIpc) is 2.82. The number of aryl methyl sites for hydroxylation is 1. The Morgan fingerprint density at radius 1 is 1.33 bits per heavy atom. The van der Waals surface area contributed by atoms with E-state index in [1.807, 2.05) is 0 Å². The standard InChI is InChI=1S/C12H11F2N3O/c1-2-17-11(7-15-16-17)12(18)6-8-9(13)4-3-5-10(8)14/h3-5,7H,2,6H2,1H3. The fraction of sp³-hybridized carbons (Fsp3) is 0.250. The minimum absolute atomic E-state index is 0.230. The van der Waals surface area contributed by atoms with Gasteiger partial charge < -0.3 is 0 Å². The van der Waals surface area contributed by atoms with Crippen LogP contribution in [0.15, 0.2) is 24.4 Å². The lowest BCUT2D eigenvalue weighted by Crippen LogP contribution is -2.13. The largest absolute Gasteiger partial charge is 0.292 e. The van der Waals surface area contributed by atoms with Gasteiger partial charge in [-0.3, -0.25) is 4.79 Å². The summed E-state index contributed by atoms with van der Waals surface area (Å²) in [5.41, 5.74) is 0.0199. The highest BCUT2D eigenvalue weighted by molar-refractivity contribution is 5.95. The number of carbonyl (C=O) groups excluding carboxylic acids is 1. The Balaban J connectivity index is 2.27. The summed E-state index contributed by atoms with van der Waals surface area (Å²) in [5, 5.41) is 7.31. The maximum absolute atomic E-state index is 13.4. The first-order chi connectivity index (χ1) is 8.63. The van der Waals surface area contributed by atoms with E-state index in [1.54, 1.807) is 6.92 Å². The number of benzene rings is 1. The summed E-state index contributed by atoms with van der Waals surface area (Å²) in [6.45, 7) is 2.27. The molecule has 2 rings (SSSR count). The maximum Gasteiger partial charge on any atom is 0.187 e. The van der Waals surface area contributed by atoms with Gasteiger partial charge in [-0.2, -0.15) is 0 Å². The lowest BCUT2D eigenvalue weighted by atomic mass is 10.1. The second kappa shape index (κ2) is 5.03. The molecule has 0 amide bonds. The van der Waals surface area contributed by atoms with E-state index in [2.05, 4.69) is 10.3 Å². The van der Waals surface area contributed by atoms with E-state index in [0.717, 1.165) is 12.1 Å². The van der Waals surface area contributed by atoms with Crippen molar-refractivity contribution in [2.75, 3.05) is 0 Å². The summed E-state index contributed by atoms with van der Waals surface area (Å²) >= 11 is 0. The van der Waals surface area contributed by atoms with Crippen LogP contribution in [0.3, 0.4) is 0 Å². The molecule has 0 unspecified atom stereocenters. The molecular formula is C12H11F2N3O. The highest BCUT2D eigenvalue weighted by Crippen LogP contribution is 2.14. The van der Waals surface area contributed by atoms with Crippen molar-refractivity contribution in [2.45, 2.75) is 19.9 Å². The molecule has 6 heteroatoms. The molecule has 0 aliphatic rings. The van der Waals surface area contributed by atoms with Gasteiger partial charge in [-0.25, -0.2) is 13.5 Å². The molecule has 94 valence electrons. The molecule has 4 nitrogen and oxygen atoms in total. The number of nitrogens with zero attached hydrogens (tertiary/aromatic N) is 3. The molecule has 0 aliphatic heterocycles. The van der Waals surface area contributed by atoms with Crippen molar-refractivity contribution in [3.8, 4) is 0 Å². The van der Waals surface area contributed by atoms with Crippen LogP contribution in [0.2, 0.25) is 0 Å². The predicted octanol–water partition coefficient (Wildman–Crippen LogP) is 2.00. The monoisotopic (exact) mass is 251 g/mol. The number of hydrogen-bond acceptors (Lipinski definition) is 3. The smallest absolute Gasteiger partial charge is 0.187 e. The van der Waals surface area contributed by atoms with Gasteiger partial charge in [-0.15, -0.1) is 5.10 Å². The SMILES string of the molecule is CCn1nncc1C(=O)Cc1c(F)cccc1F. The Kier molecular flexibility index (Phi) is 3.45. The Bertz CT molecular complexity index is 560. The summed E-state index contributed by atoms with van der Waals surface area (Å²) in [6, 6.07) is 3.51. The van der Waals surface area contributed by atoms with E-state index < -0.39 is 17.4 Å². The zero-order valence-electron chi connectivity index (χ0n) is 9.73. The van der Waals surface area contributed by atoms with Crippen LogP contribution >= 0.6 is 0 Å². The van der Waals surface area contributed by atoms with E-state index in [0.29, 0.717) is 6.54 Å². The molecule has 1 heterocycles. The number of Topliss-reactive ketones (excluding diaryl/α,β-unsaturated/α-hetero) is 1. The zero-order chi connectivity index (χ0) is 13.1. The topological polar surface area (TPSA) is 47.8 Å². The number of halogens is 2. The van der Waals surface area contributed by atoms with Gasteiger partial charge >= 0.3 is 0 Å². The predicted molar refractivity (Wildman–Crippen MR) is 60.1 cm³/mol. The van der Waals surface area contributed by atoms with E-state index in [9.17, 15) is 13.6 Å². The van der Waals surface area contributed by atoms with Gasteiger partial charge in [-0.05, 0) is 19.1 Å². The Morgan fingerprint density at radius 3 is 2.61 bits per heavy atom. The Hall–Kier alpha value is -2.11. The molecule has 0 N–H and O–H groups in total. The van der Waals surface area contributed by atoms with Crippen LogP contribution in [0.25, 0.3) is 0 Å². The Labute approximate surface area is 102 Å². The molecule has 2 aromatic rings. The molecule has 0 radical (unpaired) electrons. The third kappa shape index (κ3) is 2.27. The lowest BCUT2D eigenvalue weighted by Gasteiger charge is -2.05. The fourth-order valence-electron chi connectivity index (χ4n) is 1.66. The van der Waals surface area contributed by atoms with E-state index in [1.165, 1.54) is 16.9 Å². The lowest BCUT2D eigenvalue weighted by molar-refractivity contribution is 0.0980. The fourth-order valence-corrected chi connectivity index (χ4v) is 1.66. The third-order valence-corrected chi connectivity index (χ3v) is 2.60. The molecule has 1 aromatic heterocycles. The molecule has 0 saturated heterocycles. The number of ketones is 1. The van der Waals surface area contributed by atoms with Crippen LogP contribution in [-0.4, -0.2) is 20.8 Å². The molecule has 0 bridgehead atoms. The van der Waals surface area contributed by atoms with Crippen LogP contribution in [-0.2, 0) is 13.0 Å². The number of rotatable bonds is 4. The first kappa shape index (κ1) is 12.3. The van der Waals surface area contributed by atoms with Crippen LogP contribution in [0.4, 0.5) is 8.78 Å². The van der Waals surface area contributed by atoms with Crippen molar-refractivity contribution in [3.63, 3.8) is 0 Å². The van der Waals surface area contributed by atoms with Crippen LogP contribution in [0.1, 0.15) is 23.0 Å². The zero-order valence-corrected chi connectivity index (χ0v) is 9.73. The molecule has 18 heavy (non-hydrogen) atoms. The molecule has 0 saturated carbocycles. The molecule has 1 aromatic carbocycles. The van der Waals surface area contributed by atoms with Gasteiger partial charge in [0.05, 0.1) is 6.20 Å². The summed E-state index contributed by atoms with van der Waals surface area (Å²) < 4.78 is 28.2. The number of aromatic nitrogens is 3. The van der Waals surface area contributed by atoms with Crippen molar-refractivity contribution in [3.05, 3.63) is 47.3 Å². The van der Waals surface area contributed by atoms with Crippen molar-refractivity contribution in [1.29, 1.82) is 0 Å². The molecule has 0 aliphatic carbocycles. The Morgan fingerprint density at radius 2 is 2.00 bits per heavy atom. The highest BCUT2D eigenvalue weighted by atomic mass is 19.1. The summed E-state index contributed by atoms with van der Waals surface area (Å²) in [7, 11) is 0. The second-order valence-corrected chi connectivity index (χ2v) is 3.74. The quantitative estimate of drug-likeness (QED) is 0.781. The van der Waals surface area contributed by atoms with Gasteiger partial charge in [0.15, 0.2) is 5.78 Å². The summed E-state index contributed by atoms with van der Waals surface area (Å²) in [4.78, 5) is 11.9. The maximum atomic E-state index is 13.4. The third-order valence-electron chi connectivity index (χ3n) is 2.60.